The van der Waals surface area contributed by atoms with E-state index in [-0.39, 0.29) is 5.91 Å². The number of hydrogen-bond donors (Lipinski definition) is 2. The van der Waals surface area contributed by atoms with Gasteiger partial charge in [0.2, 0.25) is 5.91 Å². The molecule has 3 heteroatoms. The van der Waals surface area contributed by atoms with Crippen molar-refractivity contribution in [2.75, 3.05) is 0 Å². The Bertz CT molecular complexity index is 127. The number of hydrogen-bond acceptors (Lipinski definition) is 2. The van der Waals surface area contributed by atoms with Crippen LogP contribution in [0, 0.1) is 5.41 Å². The van der Waals surface area contributed by atoms with Crippen LogP contribution in [0.3, 0.4) is 0 Å². The fourth-order valence-corrected chi connectivity index (χ4v) is 0.770. The van der Waals surface area contributed by atoms with Gasteiger partial charge in [0, 0.05) is 12.8 Å². The molecule has 2 N–H and O–H groups in total. The molecule has 0 saturated carbocycles. The van der Waals surface area contributed by atoms with Gasteiger partial charge in [-0.25, -0.2) is 0 Å². The van der Waals surface area contributed by atoms with Crippen molar-refractivity contribution in [3.63, 3.8) is 0 Å². The molecule has 0 aliphatic carbocycles. The Labute approximate surface area is 67.7 Å². The van der Waals surface area contributed by atoms with Gasteiger partial charge in [0.1, 0.15) is 0 Å². The van der Waals surface area contributed by atoms with Crippen LogP contribution in [0.1, 0.15) is 39.5 Å². The molecule has 0 aliphatic rings. The second-order valence-corrected chi connectivity index (χ2v) is 2.53. The van der Waals surface area contributed by atoms with Crippen LogP contribution in [-0.4, -0.2) is 11.7 Å². The Kier molecular flexibility index (Phi) is 5.43. The zero-order chi connectivity index (χ0) is 8.69. The number of nitrogens with one attached hydrogen (secondary N) is 2. The maximum atomic E-state index is 10.9. The monoisotopic (exact) mass is 156 g/mol. The van der Waals surface area contributed by atoms with Crippen molar-refractivity contribution in [3.05, 3.63) is 0 Å². The predicted octanol–water partition coefficient (Wildman–Crippen LogP) is 1.68. The Morgan fingerprint density at radius 3 is 2.27 bits per heavy atom. The molecule has 0 aromatic heterocycles. The molecular weight excluding hydrogens is 140 g/mol. The van der Waals surface area contributed by atoms with Gasteiger partial charge in [0.15, 0.2) is 0 Å². The Hall–Kier alpha value is -0.860. The van der Waals surface area contributed by atoms with Crippen LogP contribution in [0.5, 0.6) is 0 Å². The largest absolute Gasteiger partial charge is 0.315 e. The van der Waals surface area contributed by atoms with Gasteiger partial charge in [-0.05, 0) is 12.8 Å². The summed E-state index contributed by atoms with van der Waals surface area (Å²) < 4.78 is 0. The highest BCUT2D eigenvalue weighted by Crippen LogP contribution is 1.89. The smallest absolute Gasteiger partial charge is 0.225 e. The van der Waals surface area contributed by atoms with Crippen molar-refractivity contribution in [1.82, 2.24) is 5.32 Å². The molecule has 64 valence electrons. The first-order valence-corrected chi connectivity index (χ1v) is 4.08. The second-order valence-electron chi connectivity index (χ2n) is 2.53. The summed E-state index contributed by atoms with van der Waals surface area (Å²) >= 11 is 0. The lowest BCUT2D eigenvalue weighted by Gasteiger charge is -2.03. The quantitative estimate of drug-likeness (QED) is 0.472. The molecule has 11 heavy (non-hydrogen) atoms. The average Bonchev–Trinajstić information content (AvgIpc) is 1.87. The number of rotatable bonds is 4. The van der Waals surface area contributed by atoms with Gasteiger partial charge in [-0.2, -0.15) is 0 Å². The number of amides is 1. The molecule has 0 aromatic rings. The van der Waals surface area contributed by atoms with Crippen molar-refractivity contribution < 1.29 is 4.79 Å². The van der Waals surface area contributed by atoms with Crippen molar-refractivity contribution >= 4 is 11.7 Å². The molecule has 0 unspecified atom stereocenters. The molecule has 1 amide bonds. The molecule has 0 fully saturated rings. The fraction of sp³-hybridized carbons (Fsp3) is 0.750. The van der Waals surface area contributed by atoms with Crippen molar-refractivity contribution in [3.8, 4) is 0 Å². The first-order chi connectivity index (χ1) is 5.20. The number of carbonyl (C=O) groups is 1. The van der Waals surface area contributed by atoms with Crippen molar-refractivity contribution in [2.45, 2.75) is 39.5 Å². The van der Waals surface area contributed by atoms with E-state index >= 15 is 0 Å². The second kappa shape index (κ2) is 5.89. The average molecular weight is 156 g/mol. The third-order valence-corrected chi connectivity index (χ3v) is 1.27. The Morgan fingerprint density at radius 1 is 1.27 bits per heavy atom. The summed E-state index contributed by atoms with van der Waals surface area (Å²) in [7, 11) is 0. The minimum absolute atomic E-state index is 0.0362. The maximum absolute atomic E-state index is 10.9. The topological polar surface area (TPSA) is 53.0 Å². The summed E-state index contributed by atoms with van der Waals surface area (Å²) in [5.74, 6) is 0.303. The summed E-state index contributed by atoms with van der Waals surface area (Å²) in [6.07, 6.45) is 2.93. The van der Waals surface area contributed by atoms with E-state index in [9.17, 15) is 4.79 Å². The summed E-state index contributed by atoms with van der Waals surface area (Å²) in [5, 5.41) is 9.79. The molecular formula is C8H16N2O. The van der Waals surface area contributed by atoms with Crippen LogP contribution < -0.4 is 5.32 Å². The lowest BCUT2D eigenvalue weighted by Crippen LogP contribution is -2.29. The first-order valence-electron chi connectivity index (χ1n) is 4.08. The van der Waals surface area contributed by atoms with Gasteiger partial charge >= 0.3 is 0 Å². The standard InChI is InChI=1S/C8H16N2O/c1-3-5-7(9)10-8(11)6-4-2/h3-6H2,1-2H3,(H2,9,10,11). The highest BCUT2D eigenvalue weighted by Gasteiger charge is 2.00. The molecule has 0 bridgehead atoms. The van der Waals surface area contributed by atoms with E-state index in [1.165, 1.54) is 0 Å². The summed E-state index contributed by atoms with van der Waals surface area (Å²) in [4.78, 5) is 10.9. The van der Waals surface area contributed by atoms with Gasteiger partial charge in [0.05, 0.1) is 5.84 Å². The molecule has 0 spiro atoms. The molecule has 0 heterocycles. The fourth-order valence-electron chi connectivity index (χ4n) is 0.770. The summed E-state index contributed by atoms with van der Waals surface area (Å²) in [5.41, 5.74) is 0. The lowest BCUT2D eigenvalue weighted by atomic mass is 10.3. The maximum Gasteiger partial charge on any atom is 0.225 e. The SMILES string of the molecule is CCCC(=N)NC(=O)CCC. The van der Waals surface area contributed by atoms with E-state index in [0.29, 0.717) is 18.7 Å². The molecule has 0 rings (SSSR count). The number of carbonyl (C=O) groups excluding carboxylic acids is 1. The predicted molar refractivity (Wildman–Crippen MR) is 45.7 cm³/mol. The van der Waals surface area contributed by atoms with Crippen LogP contribution in [0.4, 0.5) is 0 Å². The van der Waals surface area contributed by atoms with Crippen LogP contribution >= 0.6 is 0 Å². The van der Waals surface area contributed by atoms with Gasteiger partial charge in [0.25, 0.3) is 0 Å². The Morgan fingerprint density at radius 2 is 1.82 bits per heavy atom. The minimum atomic E-state index is -0.0362. The zero-order valence-electron chi connectivity index (χ0n) is 7.24. The summed E-state index contributed by atoms with van der Waals surface area (Å²) in [6.45, 7) is 3.93. The van der Waals surface area contributed by atoms with E-state index in [1.807, 2.05) is 13.8 Å². The van der Waals surface area contributed by atoms with E-state index in [0.717, 1.165) is 12.8 Å². The van der Waals surface area contributed by atoms with E-state index in [4.69, 9.17) is 5.41 Å². The molecule has 0 aliphatic heterocycles. The lowest BCUT2D eigenvalue weighted by molar-refractivity contribution is -0.119. The zero-order valence-corrected chi connectivity index (χ0v) is 7.24. The molecule has 0 saturated heterocycles. The van der Waals surface area contributed by atoms with Gasteiger partial charge in [-0.1, -0.05) is 13.8 Å². The highest BCUT2D eigenvalue weighted by molar-refractivity contribution is 5.96. The Balaban J connectivity index is 3.49. The highest BCUT2D eigenvalue weighted by atomic mass is 16.1. The number of amidine groups is 1. The van der Waals surface area contributed by atoms with Crippen LogP contribution in [-0.2, 0) is 4.79 Å². The third kappa shape index (κ3) is 5.58. The van der Waals surface area contributed by atoms with Crippen molar-refractivity contribution in [1.29, 1.82) is 5.41 Å². The van der Waals surface area contributed by atoms with Crippen LogP contribution in [0.25, 0.3) is 0 Å². The third-order valence-electron chi connectivity index (χ3n) is 1.27. The van der Waals surface area contributed by atoms with Crippen LogP contribution in [0.15, 0.2) is 0 Å². The summed E-state index contributed by atoms with van der Waals surface area (Å²) in [6, 6.07) is 0. The molecule has 3 nitrogen and oxygen atoms in total. The minimum Gasteiger partial charge on any atom is -0.315 e. The first kappa shape index (κ1) is 10.1. The molecule has 0 radical (unpaired) electrons. The van der Waals surface area contributed by atoms with E-state index in [2.05, 4.69) is 5.32 Å². The molecule has 0 atom stereocenters. The molecule has 0 aromatic carbocycles. The van der Waals surface area contributed by atoms with Gasteiger partial charge in [-0.3, -0.25) is 10.2 Å². The normalized spacial score (nSPS) is 9.27. The van der Waals surface area contributed by atoms with E-state index in [1.54, 1.807) is 0 Å². The van der Waals surface area contributed by atoms with Gasteiger partial charge < -0.3 is 5.32 Å². The van der Waals surface area contributed by atoms with Gasteiger partial charge in [-0.15, -0.1) is 0 Å². The van der Waals surface area contributed by atoms with Crippen LogP contribution in [0.2, 0.25) is 0 Å². The van der Waals surface area contributed by atoms with E-state index < -0.39 is 0 Å². The van der Waals surface area contributed by atoms with Crippen molar-refractivity contribution in [2.24, 2.45) is 0 Å².